The highest BCUT2D eigenvalue weighted by Crippen LogP contribution is 2.18. The third-order valence-electron chi connectivity index (χ3n) is 2.27. The van der Waals surface area contributed by atoms with Crippen molar-refractivity contribution in [1.29, 1.82) is 5.26 Å². The van der Waals surface area contributed by atoms with Gasteiger partial charge in [-0.25, -0.2) is 4.98 Å². The summed E-state index contributed by atoms with van der Waals surface area (Å²) in [5.74, 6) is 0.688. The van der Waals surface area contributed by atoms with Gasteiger partial charge in [-0.05, 0) is 30.7 Å². The van der Waals surface area contributed by atoms with Crippen LogP contribution in [0.15, 0.2) is 42.5 Å². The summed E-state index contributed by atoms with van der Waals surface area (Å²) in [5.41, 5.74) is 2.57. The predicted molar refractivity (Wildman–Crippen MR) is 74.8 cm³/mol. The fraction of sp³-hybridized carbons (Fsp3) is 0.200. The van der Waals surface area contributed by atoms with Crippen molar-refractivity contribution >= 4 is 11.5 Å². The lowest BCUT2D eigenvalue weighted by molar-refractivity contribution is 1.25. The van der Waals surface area contributed by atoms with E-state index in [1.807, 2.05) is 63.2 Å². The van der Waals surface area contributed by atoms with E-state index in [1.165, 1.54) is 0 Å². The fourth-order valence-electron chi connectivity index (χ4n) is 1.42. The van der Waals surface area contributed by atoms with Crippen molar-refractivity contribution < 1.29 is 0 Å². The number of hydrogen-bond acceptors (Lipinski definition) is 3. The van der Waals surface area contributed by atoms with Gasteiger partial charge in [0, 0.05) is 5.69 Å². The molecule has 18 heavy (non-hydrogen) atoms. The Balaban J connectivity index is 0.000000771. The Bertz CT molecular complexity index is 541. The van der Waals surface area contributed by atoms with E-state index in [2.05, 4.69) is 10.3 Å². The van der Waals surface area contributed by atoms with Gasteiger partial charge in [0.2, 0.25) is 0 Å². The van der Waals surface area contributed by atoms with Crippen LogP contribution in [0.25, 0.3) is 0 Å². The molecule has 3 heteroatoms. The van der Waals surface area contributed by atoms with Crippen LogP contribution in [0.3, 0.4) is 0 Å². The third kappa shape index (κ3) is 3.60. The van der Waals surface area contributed by atoms with E-state index in [9.17, 15) is 0 Å². The highest BCUT2D eigenvalue weighted by molar-refractivity contribution is 5.60. The molecule has 0 bridgehead atoms. The van der Waals surface area contributed by atoms with Crippen molar-refractivity contribution in [2.45, 2.75) is 20.8 Å². The van der Waals surface area contributed by atoms with Crippen LogP contribution >= 0.6 is 0 Å². The molecule has 1 aromatic carbocycles. The molecule has 0 saturated carbocycles. The van der Waals surface area contributed by atoms with E-state index in [1.54, 1.807) is 6.07 Å². The quantitative estimate of drug-likeness (QED) is 0.860. The number of anilines is 2. The molecule has 3 nitrogen and oxygen atoms in total. The molecule has 0 aliphatic rings. The van der Waals surface area contributed by atoms with Gasteiger partial charge < -0.3 is 5.32 Å². The first kappa shape index (κ1) is 13.7. The van der Waals surface area contributed by atoms with Gasteiger partial charge >= 0.3 is 0 Å². The zero-order valence-corrected chi connectivity index (χ0v) is 10.9. The Hall–Kier alpha value is -2.34. The molecular formula is C15H17N3. The van der Waals surface area contributed by atoms with Crippen LogP contribution < -0.4 is 5.32 Å². The number of aromatic nitrogens is 1. The topological polar surface area (TPSA) is 48.7 Å². The first-order valence-electron chi connectivity index (χ1n) is 5.99. The van der Waals surface area contributed by atoms with Gasteiger partial charge in [0.15, 0.2) is 0 Å². The lowest BCUT2D eigenvalue weighted by Crippen LogP contribution is -1.96. The van der Waals surface area contributed by atoms with E-state index >= 15 is 0 Å². The summed E-state index contributed by atoms with van der Waals surface area (Å²) in [7, 11) is 0. The van der Waals surface area contributed by atoms with Crippen LogP contribution in [-0.2, 0) is 0 Å². The first-order chi connectivity index (χ1) is 8.79. The van der Waals surface area contributed by atoms with Gasteiger partial charge in [0.25, 0.3) is 0 Å². The summed E-state index contributed by atoms with van der Waals surface area (Å²) in [5, 5.41) is 11.9. The molecule has 2 aromatic rings. The number of nitriles is 1. The average molecular weight is 239 g/mol. The number of rotatable bonds is 2. The molecular weight excluding hydrogens is 222 g/mol. The van der Waals surface area contributed by atoms with Crippen molar-refractivity contribution in [2.24, 2.45) is 0 Å². The average Bonchev–Trinajstić information content (AvgIpc) is 2.44. The summed E-state index contributed by atoms with van der Waals surface area (Å²) in [6, 6.07) is 15.3. The second kappa shape index (κ2) is 7.08. The number of hydrogen-bond donors (Lipinski definition) is 1. The summed E-state index contributed by atoms with van der Waals surface area (Å²) < 4.78 is 0. The second-order valence-corrected chi connectivity index (χ2v) is 3.46. The van der Waals surface area contributed by atoms with E-state index < -0.39 is 0 Å². The summed E-state index contributed by atoms with van der Waals surface area (Å²) in [4.78, 5) is 4.16. The number of nitrogens with zero attached hydrogens (tertiary/aromatic N) is 2. The van der Waals surface area contributed by atoms with Gasteiger partial charge in [-0.1, -0.05) is 38.1 Å². The molecule has 1 N–H and O–H groups in total. The third-order valence-corrected chi connectivity index (χ3v) is 2.27. The number of benzene rings is 1. The SMILES string of the molecule is CC.Cc1ccccc1Nc1cccc(C#N)n1. The Labute approximate surface area is 108 Å². The minimum Gasteiger partial charge on any atom is -0.340 e. The fourth-order valence-corrected chi connectivity index (χ4v) is 1.42. The van der Waals surface area contributed by atoms with Crippen molar-refractivity contribution in [1.82, 2.24) is 4.98 Å². The van der Waals surface area contributed by atoms with Gasteiger partial charge in [-0.3, -0.25) is 0 Å². The number of pyridine rings is 1. The van der Waals surface area contributed by atoms with Crippen molar-refractivity contribution in [3.63, 3.8) is 0 Å². The van der Waals surface area contributed by atoms with Crippen LogP contribution in [-0.4, -0.2) is 4.98 Å². The van der Waals surface area contributed by atoms with Crippen LogP contribution in [0.5, 0.6) is 0 Å². The second-order valence-electron chi connectivity index (χ2n) is 3.46. The first-order valence-corrected chi connectivity index (χ1v) is 5.99. The summed E-state index contributed by atoms with van der Waals surface area (Å²) in [6.07, 6.45) is 0. The Morgan fingerprint density at radius 1 is 1.06 bits per heavy atom. The highest BCUT2D eigenvalue weighted by atomic mass is 15.0. The molecule has 1 aromatic heterocycles. The molecule has 0 aliphatic heterocycles. The number of aryl methyl sites for hydroxylation is 1. The van der Waals surface area contributed by atoms with Gasteiger partial charge in [-0.2, -0.15) is 5.26 Å². The van der Waals surface area contributed by atoms with E-state index in [0.29, 0.717) is 11.5 Å². The lowest BCUT2D eigenvalue weighted by atomic mass is 10.2. The van der Waals surface area contributed by atoms with Crippen LogP contribution in [0, 0.1) is 18.3 Å². The molecule has 0 unspecified atom stereocenters. The Morgan fingerprint density at radius 3 is 2.44 bits per heavy atom. The van der Waals surface area contributed by atoms with E-state index in [-0.39, 0.29) is 0 Å². The summed E-state index contributed by atoms with van der Waals surface area (Å²) in [6.45, 7) is 6.02. The van der Waals surface area contributed by atoms with Crippen LogP contribution in [0.2, 0.25) is 0 Å². The number of nitrogens with one attached hydrogen (secondary N) is 1. The number of para-hydroxylation sites is 1. The van der Waals surface area contributed by atoms with Crippen LogP contribution in [0.1, 0.15) is 25.1 Å². The zero-order valence-electron chi connectivity index (χ0n) is 10.9. The van der Waals surface area contributed by atoms with E-state index in [0.717, 1.165) is 11.3 Å². The maximum absolute atomic E-state index is 8.74. The molecule has 0 saturated heterocycles. The molecule has 0 atom stereocenters. The maximum Gasteiger partial charge on any atom is 0.142 e. The molecule has 0 aliphatic carbocycles. The summed E-state index contributed by atoms with van der Waals surface area (Å²) >= 11 is 0. The minimum atomic E-state index is 0.415. The molecule has 0 spiro atoms. The molecule has 0 radical (unpaired) electrons. The highest BCUT2D eigenvalue weighted by Gasteiger charge is 1.99. The smallest absolute Gasteiger partial charge is 0.142 e. The Kier molecular flexibility index (Phi) is 5.40. The van der Waals surface area contributed by atoms with Gasteiger partial charge in [0.05, 0.1) is 0 Å². The molecule has 0 fully saturated rings. The van der Waals surface area contributed by atoms with E-state index in [4.69, 9.17) is 5.26 Å². The molecule has 92 valence electrons. The van der Waals surface area contributed by atoms with Crippen LogP contribution in [0.4, 0.5) is 11.5 Å². The lowest BCUT2D eigenvalue weighted by Gasteiger charge is -2.08. The molecule has 1 heterocycles. The standard InChI is InChI=1S/C13H11N3.C2H6/c1-10-5-2-3-7-12(10)16-13-8-4-6-11(9-14)15-13;1-2/h2-8H,1H3,(H,15,16);1-2H3. The Morgan fingerprint density at radius 2 is 1.78 bits per heavy atom. The molecule has 2 rings (SSSR count). The minimum absolute atomic E-state index is 0.415. The zero-order chi connectivity index (χ0) is 13.4. The van der Waals surface area contributed by atoms with Gasteiger partial charge in [0.1, 0.15) is 17.6 Å². The van der Waals surface area contributed by atoms with Crippen molar-refractivity contribution in [3.05, 3.63) is 53.7 Å². The largest absolute Gasteiger partial charge is 0.340 e. The van der Waals surface area contributed by atoms with Gasteiger partial charge in [-0.15, -0.1) is 0 Å². The predicted octanol–water partition coefficient (Wildman–Crippen LogP) is 4.03. The van der Waals surface area contributed by atoms with Crippen molar-refractivity contribution in [3.8, 4) is 6.07 Å². The maximum atomic E-state index is 8.74. The monoisotopic (exact) mass is 239 g/mol. The normalized spacial score (nSPS) is 8.78. The van der Waals surface area contributed by atoms with Crippen molar-refractivity contribution in [2.75, 3.05) is 5.32 Å². The molecule has 0 amide bonds.